The van der Waals surface area contributed by atoms with Crippen LogP contribution in [0.15, 0.2) is 0 Å². The molecule has 4 nitrogen and oxygen atoms in total. The summed E-state index contributed by atoms with van der Waals surface area (Å²) in [5, 5.41) is 3.38. The van der Waals surface area contributed by atoms with Crippen molar-refractivity contribution >= 4 is 18.3 Å². The molecule has 0 aromatic heterocycles. The van der Waals surface area contributed by atoms with E-state index in [9.17, 15) is 4.79 Å². The summed E-state index contributed by atoms with van der Waals surface area (Å²) in [6, 6.07) is 0. The van der Waals surface area contributed by atoms with E-state index in [1.54, 1.807) is 0 Å². The third-order valence-corrected chi connectivity index (χ3v) is 4.30. The monoisotopic (exact) mass is 289 g/mol. The molecular formula is C14H28ClN3O. The number of rotatable bonds is 3. The number of amides is 1. The minimum atomic E-state index is 0. The Hall–Kier alpha value is -0.320. The molecule has 0 unspecified atom stereocenters. The molecule has 112 valence electrons. The number of carbonyl (C=O) groups is 1. The van der Waals surface area contributed by atoms with Crippen LogP contribution < -0.4 is 5.32 Å². The zero-order valence-electron chi connectivity index (χ0n) is 12.1. The van der Waals surface area contributed by atoms with Crippen LogP contribution in [0.1, 0.15) is 32.1 Å². The SMILES string of the molecule is CN1CCCN(C(=O)CCC2CCNCC2)CC1.Cl. The Labute approximate surface area is 123 Å². The second-order valence-electron chi connectivity index (χ2n) is 5.77. The van der Waals surface area contributed by atoms with Gasteiger partial charge in [0.05, 0.1) is 0 Å². The molecule has 2 saturated heterocycles. The fraction of sp³-hybridized carbons (Fsp3) is 0.929. The number of carbonyl (C=O) groups excluding carboxylic acids is 1. The van der Waals surface area contributed by atoms with Crippen molar-refractivity contribution in [3.8, 4) is 0 Å². The lowest BCUT2D eigenvalue weighted by Crippen LogP contribution is -2.35. The number of piperidine rings is 1. The summed E-state index contributed by atoms with van der Waals surface area (Å²) >= 11 is 0. The number of nitrogens with one attached hydrogen (secondary N) is 1. The first-order valence-electron chi connectivity index (χ1n) is 7.43. The standard InChI is InChI=1S/C14H27N3O.ClH/c1-16-9-2-10-17(12-11-16)14(18)4-3-13-5-7-15-8-6-13;/h13,15H,2-12H2,1H3;1H. The van der Waals surface area contributed by atoms with Crippen molar-refractivity contribution in [2.45, 2.75) is 32.1 Å². The van der Waals surface area contributed by atoms with Crippen molar-refractivity contribution in [1.82, 2.24) is 15.1 Å². The van der Waals surface area contributed by atoms with E-state index in [4.69, 9.17) is 0 Å². The number of likely N-dealkylation sites (N-methyl/N-ethyl adjacent to an activating group) is 1. The van der Waals surface area contributed by atoms with Crippen LogP contribution in [0, 0.1) is 5.92 Å². The number of nitrogens with zero attached hydrogens (tertiary/aromatic N) is 2. The molecule has 0 spiro atoms. The smallest absolute Gasteiger partial charge is 0.222 e. The van der Waals surface area contributed by atoms with Crippen molar-refractivity contribution in [3.63, 3.8) is 0 Å². The maximum atomic E-state index is 12.2. The van der Waals surface area contributed by atoms with Crippen molar-refractivity contribution in [2.75, 3.05) is 46.3 Å². The lowest BCUT2D eigenvalue weighted by Gasteiger charge is -2.24. The highest BCUT2D eigenvalue weighted by atomic mass is 35.5. The van der Waals surface area contributed by atoms with Crippen LogP contribution in [0.5, 0.6) is 0 Å². The van der Waals surface area contributed by atoms with Crippen LogP contribution in [0.2, 0.25) is 0 Å². The van der Waals surface area contributed by atoms with Gasteiger partial charge >= 0.3 is 0 Å². The Balaban J connectivity index is 0.00000180. The van der Waals surface area contributed by atoms with E-state index in [2.05, 4.69) is 22.2 Å². The first-order valence-corrected chi connectivity index (χ1v) is 7.43. The molecule has 2 heterocycles. The Bertz CT molecular complexity index is 269. The van der Waals surface area contributed by atoms with Crippen molar-refractivity contribution < 1.29 is 4.79 Å². The van der Waals surface area contributed by atoms with Crippen LogP contribution in [0.3, 0.4) is 0 Å². The molecular weight excluding hydrogens is 262 g/mol. The molecule has 0 aliphatic carbocycles. The number of hydrogen-bond donors (Lipinski definition) is 1. The minimum Gasteiger partial charge on any atom is -0.341 e. The van der Waals surface area contributed by atoms with Crippen LogP contribution >= 0.6 is 12.4 Å². The quantitative estimate of drug-likeness (QED) is 0.852. The van der Waals surface area contributed by atoms with Gasteiger partial charge in [0.2, 0.25) is 5.91 Å². The summed E-state index contributed by atoms with van der Waals surface area (Å²) in [6.07, 6.45) is 5.46. The third kappa shape index (κ3) is 5.67. The number of hydrogen-bond acceptors (Lipinski definition) is 3. The molecule has 5 heteroatoms. The largest absolute Gasteiger partial charge is 0.341 e. The molecule has 0 saturated carbocycles. The van der Waals surface area contributed by atoms with E-state index in [0.29, 0.717) is 5.91 Å². The van der Waals surface area contributed by atoms with Gasteiger partial charge in [0.1, 0.15) is 0 Å². The Morgan fingerprint density at radius 3 is 2.63 bits per heavy atom. The zero-order valence-corrected chi connectivity index (χ0v) is 12.9. The molecule has 0 atom stereocenters. The fourth-order valence-corrected chi connectivity index (χ4v) is 2.95. The summed E-state index contributed by atoms with van der Waals surface area (Å²) < 4.78 is 0. The van der Waals surface area contributed by atoms with E-state index in [1.165, 1.54) is 12.8 Å². The summed E-state index contributed by atoms with van der Waals surface area (Å²) in [7, 11) is 2.14. The van der Waals surface area contributed by atoms with Crippen LogP contribution in [0.4, 0.5) is 0 Å². The molecule has 0 aromatic carbocycles. The Kier molecular flexibility index (Phi) is 7.73. The average Bonchev–Trinajstić information content (AvgIpc) is 2.62. The summed E-state index contributed by atoms with van der Waals surface area (Å²) in [6.45, 7) is 6.29. The van der Waals surface area contributed by atoms with Crippen LogP contribution in [-0.2, 0) is 4.79 Å². The van der Waals surface area contributed by atoms with Gasteiger partial charge in [0, 0.05) is 26.1 Å². The second-order valence-corrected chi connectivity index (χ2v) is 5.77. The first kappa shape index (κ1) is 16.7. The zero-order chi connectivity index (χ0) is 12.8. The molecule has 1 amide bonds. The molecule has 2 fully saturated rings. The van der Waals surface area contributed by atoms with Gasteiger partial charge in [-0.05, 0) is 58.3 Å². The maximum Gasteiger partial charge on any atom is 0.222 e. The lowest BCUT2D eigenvalue weighted by atomic mass is 9.93. The van der Waals surface area contributed by atoms with Gasteiger partial charge in [0.15, 0.2) is 0 Å². The van der Waals surface area contributed by atoms with Crippen LogP contribution in [-0.4, -0.2) is 62.0 Å². The molecule has 0 aromatic rings. The highest BCUT2D eigenvalue weighted by molar-refractivity contribution is 5.85. The fourth-order valence-electron chi connectivity index (χ4n) is 2.95. The topological polar surface area (TPSA) is 35.6 Å². The van der Waals surface area contributed by atoms with E-state index in [-0.39, 0.29) is 12.4 Å². The normalized spacial score (nSPS) is 22.7. The highest BCUT2D eigenvalue weighted by Gasteiger charge is 2.19. The van der Waals surface area contributed by atoms with E-state index < -0.39 is 0 Å². The molecule has 0 bridgehead atoms. The van der Waals surface area contributed by atoms with Crippen molar-refractivity contribution in [2.24, 2.45) is 5.92 Å². The molecule has 2 rings (SSSR count). The van der Waals surface area contributed by atoms with Gasteiger partial charge in [-0.1, -0.05) is 0 Å². The second kappa shape index (κ2) is 8.77. The van der Waals surface area contributed by atoms with Gasteiger partial charge in [-0.15, -0.1) is 12.4 Å². The van der Waals surface area contributed by atoms with Crippen molar-refractivity contribution in [1.29, 1.82) is 0 Å². The molecule has 19 heavy (non-hydrogen) atoms. The summed E-state index contributed by atoms with van der Waals surface area (Å²) in [5.41, 5.74) is 0. The lowest BCUT2D eigenvalue weighted by molar-refractivity contribution is -0.131. The highest BCUT2D eigenvalue weighted by Crippen LogP contribution is 2.18. The van der Waals surface area contributed by atoms with E-state index in [0.717, 1.165) is 64.4 Å². The Morgan fingerprint density at radius 2 is 1.89 bits per heavy atom. The summed E-state index contributed by atoms with van der Waals surface area (Å²) in [5.74, 6) is 1.15. The maximum absolute atomic E-state index is 12.2. The van der Waals surface area contributed by atoms with Gasteiger partial charge in [-0.3, -0.25) is 4.79 Å². The predicted molar refractivity (Wildman–Crippen MR) is 80.8 cm³/mol. The minimum absolute atomic E-state index is 0. The molecule has 2 aliphatic heterocycles. The Morgan fingerprint density at radius 1 is 1.16 bits per heavy atom. The first-order chi connectivity index (χ1) is 8.75. The van der Waals surface area contributed by atoms with Gasteiger partial charge in [0.25, 0.3) is 0 Å². The van der Waals surface area contributed by atoms with Crippen LogP contribution in [0.25, 0.3) is 0 Å². The van der Waals surface area contributed by atoms with E-state index >= 15 is 0 Å². The predicted octanol–water partition coefficient (Wildman–Crippen LogP) is 1.35. The molecule has 1 N–H and O–H groups in total. The van der Waals surface area contributed by atoms with Gasteiger partial charge < -0.3 is 15.1 Å². The third-order valence-electron chi connectivity index (χ3n) is 4.30. The van der Waals surface area contributed by atoms with Gasteiger partial charge in [-0.2, -0.15) is 0 Å². The number of halogens is 1. The molecule has 2 aliphatic rings. The van der Waals surface area contributed by atoms with Gasteiger partial charge in [-0.25, -0.2) is 0 Å². The summed E-state index contributed by atoms with van der Waals surface area (Å²) in [4.78, 5) is 16.6. The van der Waals surface area contributed by atoms with E-state index in [1.807, 2.05) is 0 Å². The van der Waals surface area contributed by atoms with Crippen molar-refractivity contribution in [3.05, 3.63) is 0 Å². The molecule has 0 radical (unpaired) electrons. The average molecular weight is 290 g/mol.